The molecule has 1 saturated heterocycles. The van der Waals surface area contributed by atoms with E-state index in [1.54, 1.807) is 12.3 Å². The van der Waals surface area contributed by atoms with Crippen LogP contribution >= 0.6 is 12.4 Å². The summed E-state index contributed by atoms with van der Waals surface area (Å²) in [4.78, 5) is 8.66. The molecule has 0 amide bonds. The standard InChI is InChI=1S/C17H21N7O2.ClH/c1-11-8-13(26-24-11)10-19-17-18-5-2-15(21-17)20-16-9-14(22-23-16)12-3-6-25-7-4-12;/h2,5,8-9,12H,3-4,6-7,10H2,1H3,(H3,18,19,20,21,22,23);1H. The summed E-state index contributed by atoms with van der Waals surface area (Å²) in [7, 11) is 0. The molecule has 4 heterocycles. The normalized spacial score (nSPS) is 14.6. The number of hydrogen-bond acceptors (Lipinski definition) is 8. The number of H-pyrrole nitrogens is 1. The second-order valence-electron chi connectivity index (χ2n) is 6.27. The minimum Gasteiger partial charge on any atom is -0.381 e. The van der Waals surface area contributed by atoms with Gasteiger partial charge in [0.15, 0.2) is 11.6 Å². The minimum absolute atomic E-state index is 0. The summed E-state index contributed by atoms with van der Waals surface area (Å²) < 4.78 is 10.6. The summed E-state index contributed by atoms with van der Waals surface area (Å²) in [5.74, 6) is 3.12. The number of aromatic nitrogens is 5. The lowest BCUT2D eigenvalue weighted by atomic mass is 9.97. The highest BCUT2D eigenvalue weighted by molar-refractivity contribution is 5.85. The van der Waals surface area contributed by atoms with Crippen LogP contribution in [0.25, 0.3) is 0 Å². The molecular formula is C17H22ClN7O2. The molecule has 4 rings (SSSR count). The fraction of sp³-hybridized carbons (Fsp3) is 0.412. The Balaban J connectivity index is 0.00000210. The van der Waals surface area contributed by atoms with E-state index in [9.17, 15) is 0 Å². The lowest BCUT2D eigenvalue weighted by Gasteiger charge is -2.20. The lowest BCUT2D eigenvalue weighted by molar-refractivity contribution is 0.0845. The maximum Gasteiger partial charge on any atom is 0.224 e. The van der Waals surface area contributed by atoms with Crippen LogP contribution in [0.2, 0.25) is 0 Å². The van der Waals surface area contributed by atoms with Gasteiger partial charge in [-0.3, -0.25) is 5.10 Å². The topological polar surface area (TPSA) is 114 Å². The summed E-state index contributed by atoms with van der Waals surface area (Å²) in [5, 5.41) is 17.6. The maximum absolute atomic E-state index is 5.41. The second kappa shape index (κ2) is 8.83. The van der Waals surface area contributed by atoms with Gasteiger partial charge in [-0.2, -0.15) is 10.1 Å². The zero-order valence-corrected chi connectivity index (χ0v) is 15.8. The van der Waals surface area contributed by atoms with E-state index in [1.165, 1.54) is 0 Å². The molecule has 0 bridgehead atoms. The third-order valence-corrected chi connectivity index (χ3v) is 4.27. The average Bonchev–Trinajstić information content (AvgIpc) is 3.30. The summed E-state index contributed by atoms with van der Waals surface area (Å²) in [6.45, 7) is 3.96. The van der Waals surface area contributed by atoms with Crippen molar-refractivity contribution in [2.24, 2.45) is 0 Å². The van der Waals surface area contributed by atoms with Crippen LogP contribution in [0, 0.1) is 6.92 Å². The number of hydrogen-bond donors (Lipinski definition) is 3. The maximum atomic E-state index is 5.41. The van der Waals surface area contributed by atoms with Crippen molar-refractivity contribution in [3.63, 3.8) is 0 Å². The molecule has 0 aliphatic carbocycles. The molecule has 3 N–H and O–H groups in total. The molecule has 0 saturated carbocycles. The third kappa shape index (κ3) is 4.95. The van der Waals surface area contributed by atoms with Crippen molar-refractivity contribution in [2.75, 3.05) is 23.8 Å². The fourth-order valence-electron chi connectivity index (χ4n) is 2.93. The summed E-state index contributed by atoms with van der Waals surface area (Å²) >= 11 is 0. The van der Waals surface area contributed by atoms with E-state index < -0.39 is 0 Å². The van der Waals surface area contributed by atoms with Gasteiger partial charge in [0, 0.05) is 43.2 Å². The highest BCUT2D eigenvalue weighted by Gasteiger charge is 2.18. The molecule has 27 heavy (non-hydrogen) atoms. The van der Waals surface area contributed by atoms with Gasteiger partial charge in [-0.15, -0.1) is 12.4 Å². The number of ether oxygens (including phenoxy) is 1. The Morgan fingerprint density at radius 2 is 2.07 bits per heavy atom. The Labute approximate surface area is 162 Å². The SMILES string of the molecule is Cc1cc(CNc2nccc(Nc3cc(C4CCOCC4)[nH]n3)n2)on1.Cl. The van der Waals surface area contributed by atoms with Crippen molar-refractivity contribution in [2.45, 2.75) is 32.2 Å². The van der Waals surface area contributed by atoms with Crippen LogP contribution in [-0.4, -0.2) is 38.5 Å². The van der Waals surface area contributed by atoms with Crippen molar-refractivity contribution in [1.29, 1.82) is 0 Å². The van der Waals surface area contributed by atoms with Crippen molar-refractivity contribution in [3.05, 3.63) is 41.5 Å². The number of rotatable bonds is 6. The Hall–Kier alpha value is -2.65. The molecule has 1 aliphatic heterocycles. The van der Waals surface area contributed by atoms with E-state index >= 15 is 0 Å². The van der Waals surface area contributed by atoms with Crippen LogP contribution in [0.15, 0.2) is 28.9 Å². The van der Waals surface area contributed by atoms with Crippen LogP contribution in [0.3, 0.4) is 0 Å². The molecule has 1 aliphatic rings. The molecule has 3 aromatic heterocycles. The Morgan fingerprint density at radius 3 is 2.85 bits per heavy atom. The summed E-state index contributed by atoms with van der Waals surface area (Å²) in [5.41, 5.74) is 1.97. The first kappa shape index (κ1) is 19.1. The predicted molar refractivity (Wildman–Crippen MR) is 103 cm³/mol. The van der Waals surface area contributed by atoms with E-state index in [2.05, 4.69) is 36.0 Å². The first-order valence-corrected chi connectivity index (χ1v) is 8.65. The van der Waals surface area contributed by atoms with Crippen LogP contribution in [0.4, 0.5) is 17.6 Å². The fourth-order valence-corrected chi connectivity index (χ4v) is 2.93. The number of aryl methyl sites for hydroxylation is 1. The van der Waals surface area contributed by atoms with Gasteiger partial charge in [0.25, 0.3) is 0 Å². The van der Waals surface area contributed by atoms with Crippen molar-refractivity contribution < 1.29 is 9.26 Å². The molecule has 0 radical (unpaired) electrons. The van der Waals surface area contributed by atoms with E-state index in [0.29, 0.717) is 24.2 Å². The smallest absolute Gasteiger partial charge is 0.224 e. The van der Waals surface area contributed by atoms with Gasteiger partial charge in [0.2, 0.25) is 5.95 Å². The Kier molecular flexibility index (Phi) is 6.25. The number of anilines is 3. The van der Waals surface area contributed by atoms with E-state index in [1.807, 2.05) is 19.1 Å². The highest BCUT2D eigenvalue weighted by Crippen LogP contribution is 2.27. The van der Waals surface area contributed by atoms with Crippen molar-refractivity contribution in [3.8, 4) is 0 Å². The molecule has 3 aromatic rings. The van der Waals surface area contributed by atoms with E-state index in [-0.39, 0.29) is 12.4 Å². The second-order valence-corrected chi connectivity index (χ2v) is 6.27. The number of nitrogens with one attached hydrogen (secondary N) is 3. The predicted octanol–water partition coefficient (Wildman–Crippen LogP) is 3.17. The van der Waals surface area contributed by atoms with Crippen LogP contribution in [0.1, 0.15) is 35.9 Å². The number of aromatic amines is 1. The Bertz CT molecular complexity index is 860. The van der Waals surface area contributed by atoms with Crippen molar-refractivity contribution in [1.82, 2.24) is 25.3 Å². The largest absolute Gasteiger partial charge is 0.381 e. The highest BCUT2D eigenvalue weighted by atomic mass is 35.5. The zero-order valence-electron chi connectivity index (χ0n) is 14.9. The zero-order chi connectivity index (χ0) is 17.8. The Morgan fingerprint density at radius 1 is 1.22 bits per heavy atom. The van der Waals surface area contributed by atoms with Gasteiger partial charge in [-0.1, -0.05) is 5.16 Å². The molecule has 10 heteroatoms. The van der Waals surface area contributed by atoms with Crippen LogP contribution < -0.4 is 10.6 Å². The van der Waals surface area contributed by atoms with Gasteiger partial charge in [-0.25, -0.2) is 4.98 Å². The van der Waals surface area contributed by atoms with E-state index in [4.69, 9.17) is 9.26 Å². The van der Waals surface area contributed by atoms with Gasteiger partial charge in [-0.05, 0) is 25.8 Å². The van der Waals surface area contributed by atoms with Gasteiger partial charge in [0.1, 0.15) is 5.82 Å². The van der Waals surface area contributed by atoms with Crippen molar-refractivity contribution >= 4 is 30.0 Å². The minimum atomic E-state index is 0. The van der Waals surface area contributed by atoms with Crippen LogP contribution in [0.5, 0.6) is 0 Å². The van der Waals surface area contributed by atoms with E-state index in [0.717, 1.165) is 49.0 Å². The quantitative estimate of drug-likeness (QED) is 0.587. The van der Waals surface area contributed by atoms with Gasteiger partial charge < -0.3 is 19.9 Å². The monoisotopic (exact) mass is 391 g/mol. The molecule has 0 atom stereocenters. The van der Waals surface area contributed by atoms with Gasteiger partial charge in [0.05, 0.1) is 12.2 Å². The molecule has 0 unspecified atom stereocenters. The first-order chi connectivity index (χ1) is 12.8. The summed E-state index contributed by atoms with van der Waals surface area (Å²) in [6, 6.07) is 5.70. The lowest BCUT2D eigenvalue weighted by Crippen LogP contribution is -2.14. The molecular weight excluding hydrogens is 370 g/mol. The molecule has 0 spiro atoms. The number of nitrogens with zero attached hydrogens (tertiary/aromatic N) is 4. The van der Waals surface area contributed by atoms with Crippen LogP contribution in [-0.2, 0) is 11.3 Å². The third-order valence-electron chi connectivity index (χ3n) is 4.27. The molecule has 1 fully saturated rings. The molecule has 9 nitrogen and oxygen atoms in total. The molecule has 144 valence electrons. The average molecular weight is 392 g/mol. The molecule has 0 aromatic carbocycles. The first-order valence-electron chi connectivity index (χ1n) is 8.65. The number of halogens is 1. The summed E-state index contributed by atoms with van der Waals surface area (Å²) in [6.07, 6.45) is 3.73. The van der Waals surface area contributed by atoms with Gasteiger partial charge >= 0.3 is 0 Å².